The molecular formula is C21H16IrN4O2-2. The van der Waals surface area contributed by atoms with E-state index in [-0.39, 0.29) is 20.1 Å². The van der Waals surface area contributed by atoms with Gasteiger partial charge in [-0.15, -0.1) is 35.9 Å². The second-order valence-electron chi connectivity index (χ2n) is 5.55. The number of hydrogen-bond donors (Lipinski definition) is 1. The number of hydrogen-bond acceptors (Lipinski definition) is 4. The molecular weight excluding hydrogens is 532 g/mol. The molecule has 0 bridgehead atoms. The summed E-state index contributed by atoms with van der Waals surface area (Å²) in [5.74, 6) is 0. The number of pyridine rings is 2. The second-order valence-corrected chi connectivity index (χ2v) is 5.55. The fourth-order valence-electron chi connectivity index (χ4n) is 2.34. The smallest absolute Gasteiger partial charge is 0.174 e. The van der Waals surface area contributed by atoms with Gasteiger partial charge in [-0.2, -0.15) is 0 Å². The molecule has 3 heterocycles. The molecule has 0 amide bonds. The standard InChI is InChI=1S/C11H8N.C10H9N3O2.Ir/c1-2-6-10(7-3-1)11-8-4-5-9-12-11;1-6-8(7-4-2-3-5-11-7)12-10(15)13-9(6)14;/h1-6,8-9H;2-5H,1H3,(H2,12,13,14,15);/q-1;;/p-1. The van der Waals surface area contributed by atoms with E-state index in [4.69, 9.17) is 0 Å². The fourth-order valence-corrected chi connectivity index (χ4v) is 2.34. The van der Waals surface area contributed by atoms with Gasteiger partial charge in [0.1, 0.15) is 0 Å². The van der Waals surface area contributed by atoms with E-state index in [1.807, 2.05) is 42.5 Å². The molecule has 0 fully saturated rings. The largest absolute Gasteiger partial charge is 0.398 e. The molecule has 143 valence electrons. The van der Waals surface area contributed by atoms with Crippen LogP contribution < -0.4 is 16.2 Å². The summed E-state index contributed by atoms with van der Waals surface area (Å²) in [6, 6.07) is 22.0. The topological polar surface area (TPSA) is 89.8 Å². The van der Waals surface area contributed by atoms with E-state index in [1.165, 1.54) is 0 Å². The van der Waals surface area contributed by atoms with Crippen molar-refractivity contribution in [3.63, 3.8) is 0 Å². The quantitative estimate of drug-likeness (QED) is 0.389. The molecule has 28 heavy (non-hydrogen) atoms. The Kier molecular flexibility index (Phi) is 7.75. The minimum atomic E-state index is -0.647. The van der Waals surface area contributed by atoms with Gasteiger partial charge in [-0.05, 0) is 42.1 Å². The molecule has 0 aliphatic heterocycles. The van der Waals surface area contributed by atoms with Crippen LogP contribution in [-0.4, -0.2) is 15.0 Å². The Morgan fingerprint density at radius 3 is 2.11 bits per heavy atom. The van der Waals surface area contributed by atoms with Gasteiger partial charge in [0.05, 0.1) is 5.69 Å². The Bertz CT molecular complexity index is 1070. The average molecular weight is 549 g/mol. The van der Waals surface area contributed by atoms with E-state index in [9.17, 15) is 9.59 Å². The normalized spacial score (nSPS) is 9.61. The van der Waals surface area contributed by atoms with Gasteiger partial charge in [0.15, 0.2) is 11.2 Å². The van der Waals surface area contributed by atoms with Crippen molar-refractivity contribution in [3.05, 3.63) is 106 Å². The molecule has 0 spiro atoms. The van der Waals surface area contributed by atoms with Gasteiger partial charge in [-0.3, -0.25) is 14.6 Å². The maximum Gasteiger partial charge on any atom is 0.174 e. The average Bonchev–Trinajstić information content (AvgIpc) is 2.73. The number of nitrogens with one attached hydrogen (secondary N) is 1. The third-order valence-corrected chi connectivity index (χ3v) is 3.69. The summed E-state index contributed by atoms with van der Waals surface area (Å²) in [5, 5.41) is 0. The van der Waals surface area contributed by atoms with Crippen LogP contribution in [0.15, 0.2) is 82.6 Å². The minimum Gasteiger partial charge on any atom is -0.398 e. The van der Waals surface area contributed by atoms with Crippen molar-refractivity contribution in [2.24, 2.45) is 0 Å². The molecule has 1 aromatic carbocycles. The molecule has 7 heteroatoms. The predicted molar refractivity (Wildman–Crippen MR) is 103 cm³/mol. The van der Waals surface area contributed by atoms with Crippen molar-refractivity contribution in [2.45, 2.75) is 6.92 Å². The van der Waals surface area contributed by atoms with Crippen molar-refractivity contribution in [3.8, 4) is 22.6 Å². The van der Waals surface area contributed by atoms with Gasteiger partial charge < -0.3 is 15.0 Å². The van der Waals surface area contributed by atoms with Gasteiger partial charge in [0, 0.05) is 32.5 Å². The molecule has 1 radical (unpaired) electrons. The summed E-state index contributed by atoms with van der Waals surface area (Å²) in [5.41, 5.74) is 2.20. The van der Waals surface area contributed by atoms with Gasteiger partial charge >= 0.3 is 0 Å². The number of nitrogens with zero attached hydrogens (tertiary/aromatic N) is 3. The molecule has 6 nitrogen and oxygen atoms in total. The zero-order valence-electron chi connectivity index (χ0n) is 14.9. The Hall–Kier alpha value is -3.15. The molecule has 0 aliphatic carbocycles. The van der Waals surface area contributed by atoms with Crippen LogP contribution in [0.2, 0.25) is 0 Å². The summed E-state index contributed by atoms with van der Waals surface area (Å²) in [7, 11) is 0. The summed E-state index contributed by atoms with van der Waals surface area (Å²) in [6.45, 7) is 1.61. The molecule has 4 rings (SSSR count). The Morgan fingerprint density at radius 1 is 0.893 bits per heavy atom. The third-order valence-electron chi connectivity index (χ3n) is 3.69. The van der Waals surface area contributed by atoms with Crippen LogP contribution in [0.1, 0.15) is 5.56 Å². The monoisotopic (exact) mass is 549 g/mol. The molecule has 0 unspecified atom stereocenters. The number of aromatic nitrogens is 4. The molecule has 0 saturated heterocycles. The van der Waals surface area contributed by atoms with Crippen molar-refractivity contribution >= 4 is 0 Å². The molecule has 4 aromatic rings. The van der Waals surface area contributed by atoms with Crippen LogP contribution in [-0.2, 0) is 20.1 Å². The molecule has 0 saturated carbocycles. The zero-order valence-corrected chi connectivity index (χ0v) is 17.3. The first-order valence-electron chi connectivity index (χ1n) is 8.22. The zero-order chi connectivity index (χ0) is 19.1. The van der Waals surface area contributed by atoms with E-state index in [1.54, 1.807) is 37.5 Å². The summed E-state index contributed by atoms with van der Waals surface area (Å²) < 4.78 is 0. The minimum absolute atomic E-state index is 0. The van der Waals surface area contributed by atoms with Crippen molar-refractivity contribution in [1.29, 1.82) is 0 Å². The van der Waals surface area contributed by atoms with Crippen LogP contribution >= 0.6 is 0 Å². The number of rotatable bonds is 2. The molecule has 0 aliphatic rings. The molecule has 0 atom stereocenters. The van der Waals surface area contributed by atoms with Crippen LogP contribution in [0.4, 0.5) is 0 Å². The Labute approximate surface area is 175 Å². The van der Waals surface area contributed by atoms with Gasteiger partial charge in [0.25, 0.3) is 0 Å². The van der Waals surface area contributed by atoms with E-state index in [0.717, 1.165) is 11.3 Å². The van der Waals surface area contributed by atoms with E-state index in [0.29, 0.717) is 17.0 Å². The SMILES string of the molecule is Cc1c(-c2ccccn2)[n-]c(=O)[nH]c1=O.[Ir].[c-]1ccccc1-c1ccccn1. The van der Waals surface area contributed by atoms with Crippen LogP contribution in [0.5, 0.6) is 0 Å². The number of aromatic amines is 1. The first kappa shape index (κ1) is 21.2. The summed E-state index contributed by atoms with van der Waals surface area (Å²) >= 11 is 0. The van der Waals surface area contributed by atoms with Gasteiger partial charge in [0.2, 0.25) is 0 Å². The van der Waals surface area contributed by atoms with Crippen molar-refractivity contribution in [2.75, 3.05) is 0 Å². The molecule has 3 aromatic heterocycles. The summed E-state index contributed by atoms with van der Waals surface area (Å²) in [6.07, 6.45) is 3.37. The Balaban J connectivity index is 0.000000198. The van der Waals surface area contributed by atoms with Gasteiger partial charge in [-0.1, -0.05) is 18.2 Å². The first-order chi connectivity index (χ1) is 13.1. The van der Waals surface area contributed by atoms with Crippen molar-refractivity contribution in [1.82, 2.24) is 19.9 Å². The third kappa shape index (κ3) is 5.42. The maximum atomic E-state index is 11.3. The second kappa shape index (κ2) is 10.3. The van der Waals surface area contributed by atoms with E-state index >= 15 is 0 Å². The van der Waals surface area contributed by atoms with Crippen LogP contribution in [0, 0.1) is 13.0 Å². The Morgan fingerprint density at radius 2 is 1.54 bits per heavy atom. The van der Waals surface area contributed by atoms with Crippen LogP contribution in [0.3, 0.4) is 0 Å². The first-order valence-corrected chi connectivity index (χ1v) is 8.22. The number of benzene rings is 1. The summed E-state index contributed by atoms with van der Waals surface area (Å²) in [4.78, 5) is 36.4. The number of H-pyrrole nitrogens is 1. The predicted octanol–water partition coefficient (Wildman–Crippen LogP) is 2.61. The molecule has 1 N–H and O–H groups in total. The van der Waals surface area contributed by atoms with Crippen molar-refractivity contribution < 1.29 is 20.1 Å². The van der Waals surface area contributed by atoms with E-state index in [2.05, 4.69) is 26.0 Å². The fraction of sp³-hybridized carbons (Fsp3) is 0.0476. The van der Waals surface area contributed by atoms with E-state index < -0.39 is 11.2 Å². The maximum absolute atomic E-state index is 11.3. The van der Waals surface area contributed by atoms with Crippen LogP contribution in [0.25, 0.3) is 22.6 Å². The van der Waals surface area contributed by atoms with Gasteiger partial charge in [-0.25, -0.2) is 0 Å².